The van der Waals surface area contributed by atoms with Crippen LogP contribution in [0.1, 0.15) is 29.0 Å². The number of aromatic nitrogens is 3. The average Bonchev–Trinajstić information content (AvgIpc) is 3.51. The molecule has 5 rings (SSSR count). The smallest absolute Gasteiger partial charge is 0.224 e. The van der Waals surface area contributed by atoms with Gasteiger partial charge in [0.25, 0.3) is 0 Å². The maximum absolute atomic E-state index is 11.3. The van der Waals surface area contributed by atoms with Gasteiger partial charge in [-0.3, -0.25) is 0 Å². The normalized spacial score (nSPS) is 22.1. The summed E-state index contributed by atoms with van der Waals surface area (Å²) >= 11 is 3.27. The number of benzene rings is 1. The van der Waals surface area contributed by atoms with Crippen LogP contribution in [0.3, 0.4) is 0 Å². The van der Waals surface area contributed by atoms with Crippen molar-refractivity contribution in [1.29, 1.82) is 0 Å². The van der Waals surface area contributed by atoms with E-state index in [1.165, 1.54) is 21.8 Å². The molecule has 1 saturated carbocycles. The number of thiazole rings is 1. The average molecular weight is 512 g/mol. The van der Waals surface area contributed by atoms with Crippen LogP contribution in [0.25, 0.3) is 20.8 Å². The zero-order chi connectivity index (χ0) is 24.6. The van der Waals surface area contributed by atoms with Crippen molar-refractivity contribution >= 4 is 44.7 Å². The van der Waals surface area contributed by atoms with E-state index in [0.29, 0.717) is 42.4 Å². The lowest BCUT2D eigenvalue weighted by Crippen LogP contribution is -2.48. The number of aryl methyl sites for hydroxylation is 2. The highest BCUT2D eigenvalue weighted by atomic mass is 32.1. The van der Waals surface area contributed by atoms with E-state index < -0.39 is 17.7 Å². The standard InChI is InChI=1S/C25H29N5O3S2/c1-14-9-12-34-18(14)8-11-26-24-27-15(2)20(23-28-17-5-3-4-6-19(17)35-23)22(29-24)30-25(33)10-7-16(13-31)21(25)32/h3-6,9,12,16,21,31-33H,7-8,10-11,13H2,1-2H3,(H2,26,27,29,30). The predicted molar refractivity (Wildman–Crippen MR) is 141 cm³/mol. The summed E-state index contributed by atoms with van der Waals surface area (Å²) in [6.07, 6.45) is 0.536. The van der Waals surface area contributed by atoms with Gasteiger partial charge in [-0.2, -0.15) is 4.98 Å². The van der Waals surface area contributed by atoms with Gasteiger partial charge < -0.3 is 26.0 Å². The van der Waals surface area contributed by atoms with Gasteiger partial charge in [0, 0.05) is 23.9 Å². The Morgan fingerprint density at radius 3 is 2.69 bits per heavy atom. The van der Waals surface area contributed by atoms with Gasteiger partial charge >= 0.3 is 0 Å². The maximum Gasteiger partial charge on any atom is 0.224 e. The van der Waals surface area contributed by atoms with Crippen LogP contribution >= 0.6 is 22.7 Å². The fourth-order valence-corrected chi connectivity index (χ4v) is 6.53. The van der Waals surface area contributed by atoms with E-state index in [9.17, 15) is 15.3 Å². The van der Waals surface area contributed by atoms with E-state index in [4.69, 9.17) is 15.0 Å². The highest BCUT2D eigenvalue weighted by molar-refractivity contribution is 7.21. The molecule has 0 spiro atoms. The molecular formula is C25H29N5O3S2. The van der Waals surface area contributed by atoms with Crippen molar-refractivity contribution in [3.63, 3.8) is 0 Å². The molecule has 3 heterocycles. The largest absolute Gasteiger partial charge is 0.396 e. The van der Waals surface area contributed by atoms with Crippen LogP contribution in [0.5, 0.6) is 0 Å². The number of hydrogen-bond donors (Lipinski definition) is 5. The molecule has 3 unspecified atom stereocenters. The van der Waals surface area contributed by atoms with Crippen molar-refractivity contribution in [2.45, 2.75) is 44.9 Å². The van der Waals surface area contributed by atoms with Gasteiger partial charge in [-0.15, -0.1) is 22.7 Å². The molecule has 0 radical (unpaired) electrons. The van der Waals surface area contributed by atoms with Gasteiger partial charge in [0.1, 0.15) is 16.9 Å². The van der Waals surface area contributed by atoms with Gasteiger partial charge in [0.2, 0.25) is 5.95 Å². The van der Waals surface area contributed by atoms with Gasteiger partial charge in [-0.25, -0.2) is 9.97 Å². The molecule has 1 aliphatic rings. The number of aliphatic hydroxyl groups excluding tert-OH is 2. The summed E-state index contributed by atoms with van der Waals surface area (Å²) in [7, 11) is 0. The summed E-state index contributed by atoms with van der Waals surface area (Å²) in [5.41, 5.74) is 1.96. The van der Waals surface area contributed by atoms with E-state index in [-0.39, 0.29) is 6.61 Å². The van der Waals surface area contributed by atoms with E-state index >= 15 is 0 Å². The number of hydrogen-bond acceptors (Lipinski definition) is 10. The second kappa shape index (κ2) is 9.79. The van der Waals surface area contributed by atoms with Gasteiger partial charge in [0.05, 0.1) is 21.5 Å². The number of rotatable bonds is 8. The summed E-state index contributed by atoms with van der Waals surface area (Å²) in [4.78, 5) is 15.5. The number of thiophene rings is 1. The molecule has 1 aromatic carbocycles. The van der Waals surface area contributed by atoms with Gasteiger partial charge in [-0.05, 0) is 62.3 Å². The minimum absolute atomic E-state index is 0.187. The highest BCUT2D eigenvalue weighted by Gasteiger charge is 2.47. The molecule has 0 saturated heterocycles. The molecular weight excluding hydrogens is 482 g/mol. The van der Waals surface area contributed by atoms with Crippen molar-refractivity contribution in [1.82, 2.24) is 15.0 Å². The van der Waals surface area contributed by atoms with Crippen LogP contribution in [0.15, 0.2) is 35.7 Å². The quantitative estimate of drug-likeness (QED) is 0.225. The monoisotopic (exact) mass is 511 g/mol. The molecule has 3 atom stereocenters. The molecule has 1 fully saturated rings. The van der Waals surface area contributed by atoms with Gasteiger partial charge in [-0.1, -0.05) is 12.1 Å². The minimum atomic E-state index is -1.61. The third-order valence-corrected chi connectivity index (χ3v) is 8.74. The molecule has 0 amide bonds. The Morgan fingerprint density at radius 2 is 1.97 bits per heavy atom. The van der Waals surface area contributed by atoms with Crippen molar-refractivity contribution in [3.05, 3.63) is 51.8 Å². The Bertz CT molecular complexity index is 1310. The Morgan fingerprint density at radius 1 is 1.14 bits per heavy atom. The first kappa shape index (κ1) is 24.1. The molecule has 1 aliphatic carbocycles. The number of nitrogens with zero attached hydrogens (tertiary/aromatic N) is 3. The molecule has 8 nitrogen and oxygen atoms in total. The zero-order valence-corrected chi connectivity index (χ0v) is 21.3. The first-order chi connectivity index (χ1) is 16.9. The van der Waals surface area contributed by atoms with Crippen LogP contribution in [0.2, 0.25) is 0 Å². The van der Waals surface area contributed by atoms with Crippen molar-refractivity contribution in [2.75, 3.05) is 23.8 Å². The first-order valence-corrected chi connectivity index (χ1v) is 13.4. The summed E-state index contributed by atoms with van der Waals surface area (Å²) in [6, 6.07) is 10.0. The van der Waals surface area contributed by atoms with Crippen molar-refractivity contribution in [3.8, 4) is 10.6 Å². The van der Waals surface area contributed by atoms with E-state index in [1.54, 1.807) is 11.3 Å². The molecule has 184 valence electrons. The fraction of sp³-hybridized carbons (Fsp3) is 0.400. The van der Waals surface area contributed by atoms with Crippen LogP contribution in [-0.4, -0.2) is 55.3 Å². The number of anilines is 2. The van der Waals surface area contributed by atoms with E-state index in [2.05, 4.69) is 29.0 Å². The summed E-state index contributed by atoms with van der Waals surface area (Å²) in [5.74, 6) is 0.457. The molecule has 0 bridgehead atoms. The first-order valence-electron chi connectivity index (χ1n) is 11.7. The SMILES string of the molecule is Cc1ccsc1CCNc1nc(C)c(-c2nc3ccccc3s2)c(NC2(O)CCC(CO)C2O)n1. The molecule has 3 aromatic heterocycles. The van der Waals surface area contributed by atoms with E-state index in [1.807, 2.05) is 31.2 Å². The highest BCUT2D eigenvalue weighted by Crippen LogP contribution is 2.40. The van der Waals surface area contributed by atoms with Crippen LogP contribution in [-0.2, 0) is 6.42 Å². The number of aliphatic hydroxyl groups is 3. The Hall–Kier alpha value is -2.63. The maximum atomic E-state index is 11.3. The predicted octanol–water partition coefficient (Wildman–Crippen LogP) is 3.95. The van der Waals surface area contributed by atoms with Crippen LogP contribution in [0.4, 0.5) is 11.8 Å². The molecule has 0 aliphatic heterocycles. The molecule has 35 heavy (non-hydrogen) atoms. The third-order valence-electron chi connectivity index (χ3n) is 6.60. The second-order valence-corrected chi connectivity index (χ2v) is 11.1. The third kappa shape index (κ3) is 4.76. The summed E-state index contributed by atoms with van der Waals surface area (Å²) < 4.78 is 1.04. The molecule has 5 N–H and O–H groups in total. The van der Waals surface area contributed by atoms with Crippen molar-refractivity contribution < 1.29 is 15.3 Å². The summed E-state index contributed by atoms with van der Waals surface area (Å²) in [5, 5.41) is 40.8. The number of fused-ring (bicyclic) bond motifs is 1. The van der Waals surface area contributed by atoms with Crippen LogP contribution < -0.4 is 10.6 Å². The Labute approximate surface area is 211 Å². The lowest BCUT2D eigenvalue weighted by molar-refractivity contribution is -0.0545. The number of nitrogens with one attached hydrogen (secondary N) is 2. The molecule has 10 heteroatoms. The second-order valence-electron chi connectivity index (χ2n) is 9.02. The number of para-hydroxylation sites is 1. The lowest BCUT2D eigenvalue weighted by Gasteiger charge is -2.31. The topological polar surface area (TPSA) is 123 Å². The van der Waals surface area contributed by atoms with Crippen molar-refractivity contribution in [2.24, 2.45) is 5.92 Å². The lowest BCUT2D eigenvalue weighted by atomic mass is 10.0. The zero-order valence-electron chi connectivity index (χ0n) is 19.7. The minimum Gasteiger partial charge on any atom is -0.396 e. The Kier molecular flexibility index (Phi) is 6.73. The Balaban J connectivity index is 1.49. The van der Waals surface area contributed by atoms with E-state index in [0.717, 1.165) is 21.6 Å². The fourth-order valence-electron chi connectivity index (χ4n) is 4.56. The van der Waals surface area contributed by atoms with Gasteiger partial charge in [0.15, 0.2) is 5.72 Å². The van der Waals surface area contributed by atoms with Crippen LogP contribution in [0, 0.1) is 19.8 Å². The summed E-state index contributed by atoms with van der Waals surface area (Å²) in [6.45, 7) is 4.48. The molecule has 4 aromatic rings.